The summed E-state index contributed by atoms with van der Waals surface area (Å²) >= 11 is 1.56. The molecule has 2 aliphatic rings. The number of hydrogen-bond acceptors (Lipinski definition) is 7. The topological polar surface area (TPSA) is 90.7 Å². The van der Waals surface area contributed by atoms with Crippen molar-refractivity contribution in [2.75, 3.05) is 26.8 Å². The van der Waals surface area contributed by atoms with Crippen LogP contribution in [0.1, 0.15) is 48.5 Å². The van der Waals surface area contributed by atoms with Gasteiger partial charge in [-0.3, -0.25) is 0 Å². The molecule has 2 atom stereocenters. The highest BCUT2D eigenvalue weighted by molar-refractivity contribution is 7.98. The Morgan fingerprint density at radius 3 is 2.81 bits per heavy atom. The van der Waals surface area contributed by atoms with Crippen molar-refractivity contribution in [2.45, 2.75) is 61.1 Å². The molecule has 37 heavy (non-hydrogen) atoms. The fraction of sp³-hybridized carbons (Fsp3) is 0.481. The van der Waals surface area contributed by atoms with Crippen LogP contribution >= 0.6 is 11.8 Å². The molecule has 0 radical (unpaired) electrons. The Morgan fingerprint density at radius 1 is 1.19 bits per heavy atom. The Hall–Kier alpha value is -2.40. The minimum Gasteiger partial charge on any atom is -0.465 e. The van der Waals surface area contributed by atoms with E-state index in [1.807, 2.05) is 24.3 Å². The maximum Gasteiger partial charge on any atom is 0.337 e. The molecule has 1 aromatic heterocycles. The summed E-state index contributed by atoms with van der Waals surface area (Å²) in [6, 6.07) is 12.7. The third-order valence-corrected chi connectivity index (χ3v) is 9.98. The van der Waals surface area contributed by atoms with E-state index in [4.69, 9.17) is 14.5 Å². The molecule has 2 unspecified atom stereocenters. The van der Waals surface area contributed by atoms with Crippen LogP contribution in [-0.2, 0) is 31.8 Å². The normalized spacial score (nSPS) is 20.9. The SMILES string of the molecule is COC(=O)c1cccc(CSc2nc3cc(S(=O)(=O)N4CCCC(C)C4)ccc3n2CC2CCCO2)c1. The number of nitrogens with zero attached hydrogens (tertiary/aromatic N) is 3. The zero-order chi connectivity index (χ0) is 26.0. The van der Waals surface area contributed by atoms with Crippen molar-refractivity contribution in [3.05, 3.63) is 53.6 Å². The van der Waals surface area contributed by atoms with E-state index in [2.05, 4.69) is 11.5 Å². The van der Waals surface area contributed by atoms with Crippen molar-refractivity contribution in [3.8, 4) is 0 Å². The predicted octanol–water partition coefficient (Wildman–Crippen LogP) is 4.71. The number of methoxy groups -OCH3 is 1. The van der Waals surface area contributed by atoms with Gasteiger partial charge in [-0.15, -0.1) is 0 Å². The summed E-state index contributed by atoms with van der Waals surface area (Å²) in [6.07, 6.45) is 4.08. The van der Waals surface area contributed by atoms with Gasteiger partial charge in [0.25, 0.3) is 0 Å². The molecule has 3 aromatic rings. The van der Waals surface area contributed by atoms with Crippen LogP contribution in [-0.4, -0.2) is 61.2 Å². The molecule has 0 spiro atoms. The Labute approximate surface area is 222 Å². The number of fused-ring (bicyclic) bond motifs is 1. The molecular formula is C27H33N3O5S2. The quantitative estimate of drug-likeness (QED) is 0.300. The first kappa shape index (κ1) is 26.2. The van der Waals surface area contributed by atoms with Gasteiger partial charge in [-0.25, -0.2) is 18.2 Å². The Kier molecular flexibility index (Phi) is 7.90. The molecule has 0 amide bonds. The monoisotopic (exact) mass is 543 g/mol. The number of ether oxygens (including phenoxy) is 2. The number of imidazole rings is 1. The van der Waals surface area contributed by atoms with Crippen LogP contribution in [0.2, 0.25) is 0 Å². The Balaban J connectivity index is 1.45. The van der Waals surface area contributed by atoms with E-state index < -0.39 is 10.0 Å². The summed E-state index contributed by atoms with van der Waals surface area (Å²) in [6.45, 7) is 4.64. The lowest BCUT2D eigenvalue weighted by atomic mass is 10.0. The van der Waals surface area contributed by atoms with E-state index in [9.17, 15) is 13.2 Å². The van der Waals surface area contributed by atoms with Crippen LogP contribution in [0.4, 0.5) is 0 Å². The summed E-state index contributed by atoms with van der Waals surface area (Å²) < 4.78 is 41.3. The molecule has 198 valence electrons. The number of carbonyl (C=O) groups is 1. The lowest BCUT2D eigenvalue weighted by Crippen LogP contribution is -2.39. The largest absolute Gasteiger partial charge is 0.465 e. The third-order valence-electron chi connectivity index (χ3n) is 7.07. The Morgan fingerprint density at radius 2 is 2.05 bits per heavy atom. The maximum absolute atomic E-state index is 13.4. The number of esters is 1. The van der Waals surface area contributed by atoms with Crippen molar-refractivity contribution in [1.82, 2.24) is 13.9 Å². The summed E-state index contributed by atoms with van der Waals surface area (Å²) in [5, 5.41) is 0.801. The van der Waals surface area contributed by atoms with Gasteiger partial charge >= 0.3 is 5.97 Å². The van der Waals surface area contributed by atoms with Gasteiger partial charge in [-0.1, -0.05) is 30.8 Å². The molecule has 2 aromatic carbocycles. The van der Waals surface area contributed by atoms with Crippen LogP contribution in [0.15, 0.2) is 52.5 Å². The summed E-state index contributed by atoms with van der Waals surface area (Å²) in [7, 11) is -2.20. The first-order valence-corrected chi connectivity index (χ1v) is 15.2. The van der Waals surface area contributed by atoms with Gasteiger partial charge in [0, 0.05) is 25.4 Å². The van der Waals surface area contributed by atoms with Crippen molar-refractivity contribution >= 4 is 38.8 Å². The summed E-state index contributed by atoms with van der Waals surface area (Å²) in [5.74, 6) is 0.601. The molecule has 8 nitrogen and oxygen atoms in total. The van der Waals surface area contributed by atoms with Crippen molar-refractivity contribution < 1.29 is 22.7 Å². The van der Waals surface area contributed by atoms with Gasteiger partial charge in [0.05, 0.1) is 41.3 Å². The average molecular weight is 544 g/mol. The summed E-state index contributed by atoms with van der Waals surface area (Å²) in [5.41, 5.74) is 3.05. The van der Waals surface area contributed by atoms with E-state index in [1.165, 1.54) is 7.11 Å². The number of benzene rings is 2. The van der Waals surface area contributed by atoms with Crippen LogP contribution < -0.4 is 0 Å². The minimum atomic E-state index is -3.57. The van der Waals surface area contributed by atoms with Crippen LogP contribution in [0.25, 0.3) is 11.0 Å². The third kappa shape index (κ3) is 5.72. The molecule has 0 saturated carbocycles. The molecule has 2 saturated heterocycles. The highest BCUT2D eigenvalue weighted by atomic mass is 32.2. The molecular weight excluding hydrogens is 510 g/mol. The zero-order valence-corrected chi connectivity index (χ0v) is 22.9. The smallest absolute Gasteiger partial charge is 0.337 e. The second-order valence-corrected chi connectivity index (χ2v) is 12.8. The van der Waals surface area contributed by atoms with Gasteiger partial charge in [0.1, 0.15) is 0 Å². The van der Waals surface area contributed by atoms with Gasteiger partial charge in [-0.05, 0) is 67.5 Å². The minimum absolute atomic E-state index is 0.109. The number of sulfonamides is 1. The molecule has 2 fully saturated rings. The van der Waals surface area contributed by atoms with Crippen LogP contribution in [0.3, 0.4) is 0 Å². The molecule has 10 heteroatoms. The number of rotatable bonds is 8. The first-order chi connectivity index (χ1) is 17.8. The van der Waals surface area contributed by atoms with Crippen molar-refractivity contribution in [1.29, 1.82) is 0 Å². The van der Waals surface area contributed by atoms with Crippen molar-refractivity contribution in [3.63, 3.8) is 0 Å². The summed E-state index contributed by atoms with van der Waals surface area (Å²) in [4.78, 5) is 17.1. The predicted molar refractivity (Wildman–Crippen MR) is 143 cm³/mol. The number of hydrogen-bond donors (Lipinski definition) is 0. The fourth-order valence-electron chi connectivity index (χ4n) is 5.09. The molecule has 2 aliphatic heterocycles. The van der Waals surface area contributed by atoms with E-state index in [0.29, 0.717) is 42.4 Å². The number of aromatic nitrogens is 2. The lowest BCUT2D eigenvalue weighted by molar-refractivity contribution is 0.0600. The Bertz CT molecular complexity index is 1380. The van der Waals surface area contributed by atoms with Gasteiger partial charge in [0.2, 0.25) is 10.0 Å². The molecule has 0 N–H and O–H groups in total. The highest BCUT2D eigenvalue weighted by Gasteiger charge is 2.29. The van der Waals surface area contributed by atoms with Crippen LogP contribution in [0.5, 0.6) is 0 Å². The van der Waals surface area contributed by atoms with E-state index in [-0.39, 0.29) is 17.0 Å². The van der Waals surface area contributed by atoms with Crippen molar-refractivity contribution in [2.24, 2.45) is 5.92 Å². The second kappa shape index (κ2) is 11.1. The number of thioether (sulfide) groups is 1. The van der Waals surface area contributed by atoms with E-state index in [1.54, 1.807) is 34.3 Å². The first-order valence-electron chi connectivity index (χ1n) is 12.8. The average Bonchev–Trinajstić information content (AvgIpc) is 3.55. The van der Waals surface area contributed by atoms with Gasteiger partial charge < -0.3 is 14.0 Å². The number of piperidine rings is 1. The fourth-order valence-corrected chi connectivity index (χ4v) is 7.68. The van der Waals surface area contributed by atoms with E-state index >= 15 is 0 Å². The standard InChI is InChI=1S/C27H33N3O5S2/c1-19-6-4-12-29(16-19)37(32,33)23-10-11-25-24(15-23)28-27(30(25)17-22-9-5-13-35-22)36-18-20-7-3-8-21(14-20)26(31)34-2/h3,7-8,10-11,14-15,19,22H,4-6,9,12-13,16-18H2,1-2H3. The van der Waals surface area contributed by atoms with Gasteiger partial charge in [-0.2, -0.15) is 4.31 Å². The highest BCUT2D eigenvalue weighted by Crippen LogP contribution is 2.31. The van der Waals surface area contributed by atoms with Gasteiger partial charge in [0.15, 0.2) is 5.16 Å². The second-order valence-electron chi connectivity index (χ2n) is 9.88. The molecule has 0 bridgehead atoms. The lowest BCUT2D eigenvalue weighted by Gasteiger charge is -2.30. The molecule has 0 aliphatic carbocycles. The number of carbonyl (C=O) groups excluding carboxylic acids is 1. The maximum atomic E-state index is 13.4. The zero-order valence-electron chi connectivity index (χ0n) is 21.3. The molecule has 3 heterocycles. The van der Waals surface area contributed by atoms with Crippen LogP contribution in [0, 0.1) is 5.92 Å². The molecule has 5 rings (SSSR count). The van der Waals surface area contributed by atoms with E-state index in [0.717, 1.165) is 48.5 Å².